The van der Waals surface area contributed by atoms with E-state index in [-0.39, 0.29) is 0 Å². The van der Waals surface area contributed by atoms with Gasteiger partial charge in [-0.05, 0) is 42.4 Å². The van der Waals surface area contributed by atoms with Gasteiger partial charge in [0.05, 0.1) is 6.20 Å². The summed E-state index contributed by atoms with van der Waals surface area (Å²) in [5, 5.41) is 7.93. The van der Waals surface area contributed by atoms with Gasteiger partial charge in [-0.3, -0.25) is 4.68 Å². The minimum Gasteiger partial charge on any atom is -0.382 e. The zero-order chi connectivity index (χ0) is 13.2. The summed E-state index contributed by atoms with van der Waals surface area (Å²) in [6.07, 6.45) is 7.53. The topological polar surface area (TPSA) is 29.9 Å². The molecule has 3 nitrogen and oxygen atoms in total. The predicted octanol–water partition coefficient (Wildman–Crippen LogP) is 3.03. The smallest absolute Gasteiger partial charge is 0.0521 e. The molecule has 2 aromatic rings. The van der Waals surface area contributed by atoms with Crippen molar-refractivity contribution in [2.75, 3.05) is 5.32 Å². The largest absolute Gasteiger partial charge is 0.382 e. The van der Waals surface area contributed by atoms with Crippen LogP contribution in [0, 0.1) is 5.92 Å². The molecule has 1 N–H and O–H groups in total. The molecule has 3 heteroatoms. The van der Waals surface area contributed by atoms with Crippen LogP contribution in [0.2, 0.25) is 0 Å². The second kappa shape index (κ2) is 5.08. The number of benzene rings is 1. The molecule has 0 saturated carbocycles. The van der Waals surface area contributed by atoms with Crippen molar-refractivity contribution in [3.05, 3.63) is 47.8 Å². The highest BCUT2D eigenvalue weighted by molar-refractivity contribution is 5.54. The van der Waals surface area contributed by atoms with Crippen LogP contribution in [0.15, 0.2) is 36.7 Å². The summed E-state index contributed by atoms with van der Waals surface area (Å²) in [5.41, 5.74) is 4.10. The zero-order valence-corrected chi connectivity index (χ0v) is 11.6. The second-order valence-corrected chi connectivity index (χ2v) is 5.65. The van der Waals surface area contributed by atoms with Crippen molar-refractivity contribution < 1.29 is 0 Å². The van der Waals surface area contributed by atoms with E-state index in [1.54, 1.807) is 0 Å². The lowest BCUT2D eigenvalue weighted by molar-refractivity contribution is 0.441. The molecule has 0 amide bonds. The Labute approximate surface area is 114 Å². The van der Waals surface area contributed by atoms with Gasteiger partial charge in [0, 0.05) is 25.0 Å². The van der Waals surface area contributed by atoms with Gasteiger partial charge >= 0.3 is 0 Å². The van der Waals surface area contributed by atoms with Gasteiger partial charge in [-0.15, -0.1) is 0 Å². The Morgan fingerprint density at radius 2 is 2.21 bits per heavy atom. The summed E-state index contributed by atoms with van der Waals surface area (Å²) in [6.45, 7) is 2.34. The lowest BCUT2D eigenvalue weighted by atomic mass is 9.86. The number of rotatable bonds is 3. The molecular weight excluding hydrogens is 234 g/mol. The fourth-order valence-electron chi connectivity index (χ4n) is 2.95. The van der Waals surface area contributed by atoms with Crippen molar-refractivity contribution in [2.45, 2.75) is 32.2 Å². The van der Waals surface area contributed by atoms with Crippen molar-refractivity contribution in [3.63, 3.8) is 0 Å². The maximum Gasteiger partial charge on any atom is 0.0521 e. The van der Waals surface area contributed by atoms with Crippen LogP contribution >= 0.6 is 0 Å². The van der Waals surface area contributed by atoms with Gasteiger partial charge in [-0.1, -0.05) is 25.1 Å². The van der Waals surface area contributed by atoms with Gasteiger partial charge < -0.3 is 5.32 Å². The van der Waals surface area contributed by atoms with Crippen molar-refractivity contribution >= 4 is 5.69 Å². The Kier molecular flexibility index (Phi) is 3.28. The summed E-state index contributed by atoms with van der Waals surface area (Å²) in [7, 11) is 1.97. The molecule has 1 aliphatic rings. The lowest BCUT2D eigenvalue weighted by Crippen LogP contribution is -2.33. The van der Waals surface area contributed by atoms with Crippen LogP contribution in [0.3, 0.4) is 0 Å². The third-order valence-electron chi connectivity index (χ3n) is 4.09. The Morgan fingerprint density at radius 3 is 3.00 bits per heavy atom. The van der Waals surface area contributed by atoms with E-state index >= 15 is 0 Å². The number of hydrogen-bond donors (Lipinski definition) is 1. The third-order valence-corrected chi connectivity index (χ3v) is 4.09. The van der Waals surface area contributed by atoms with Gasteiger partial charge in [-0.25, -0.2) is 0 Å². The minimum absolute atomic E-state index is 0.565. The number of fused-ring (bicyclic) bond motifs is 1. The Hall–Kier alpha value is -1.77. The van der Waals surface area contributed by atoms with Crippen LogP contribution in [-0.2, 0) is 19.9 Å². The summed E-state index contributed by atoms with van der Waals surface area (Å²) >= 11 is 0. The maximum atomic E-state index is 4.23. The maximum absolute atomic E-state index is 4.23. The van der Waals surface area contributed by atoms with Crippen molar-refractivity contribution in [2.24, 2.45) is 13.0 Å². The molecule has 2 heterocycles. The minimum atomic E-state index is 0.565. The first kappa shape index (κ1) is 12.3. The first-order chi connectivity index (χ1) is 9.22. The SMILES string of the molecule is CC1Cc2ccccc2NC1CCc1cnn(C)c1. The lowest BCUT2D eigenvalue weighted by Gasteiger charge is -2.32. The Balaban J connectivity index is 1.66. The van der Waals surface area contributed by atoms with E-state index in [2.05, 4.69) is 47.8 Å². The number of hydrogen-bond acceptors (Lipinski definition) is 2. The van der Waals surface area contributed by atoms with Gasteiger partial charge in [0.25, 0.3) is 0 Å². The molecular formula is C16H21N3. The Morgan fingerprint density at radius 1 is 1.37 bits per heavy atom. The molecule has 1 aromatic heterocycles. The average Bonchev–Trinajstić information content (AvgIpc) is 2.82. The summed E-state index contributed by atoms with van der Waals surface area (Å²) in [5.74, 6) is 0.687. The molecule has 19 heavy (non-hydrogen) atoms. The molecule has 0 bridgehead atoms. The molecule has 0 fully saturated rings. The molecule has 2 atom stereocenters. The van der Waals surface area contributed by atoms with Crippen LogP contribution in [0.1, 0.15) is 24.5 Å². The van der Waals surface area contributed by atoms with Gasteiger partial charge in [-0.2, -0.15) is 5.10 Å². The highest BCUT2D eigenvalue weighted by Gasteiger charge is 2.23. The molecule has 0 saturated heterocycles. The average molecular weight is 255 g/mol. The highest BCUT2D eigenvalue weighted by Crippen LogP contribution is 2.29. The zero-order valence-electron chi connectivity index (χ0n) is 11.6. The highest BCUT2D eigenvalue weighted by atomic mass is 15.2. The normalized spacial score (nSPS) is 21.8. The summed E-state index contributed by atoms with van der Waals surface area (Å²) in [4.78, 5) is 0. The predicted molar refractivity (Wildman–Crippen MR) is 78.2 cm³/mol. The molecule has 0 radical (unpaired) electrons. The van der Waals surface area contributed by atoms with Crippen molar-refractivity contribution in [1.29, 1.82) is 0 Å². The van der Waals surface area contributed by atoms with E-state index in [9.17, 15) is 0 Å². The van der Waals surface area contributed by atoms with Gasteiger partial charge in [0.1, 0.15) is 0 Å². The van der Waals surface area contributed by atoms with Crippen molar-refractivity contribution in [1.82, 2.24) is 9.78 Å². The first-order valence-electron chi connectivity index (χ1n) is 7.04. The van der Waals surface area contributed by atoms with Crippen LogP contribution in [0.5, 0.6) is 0 Å². The van der Waals surface area contributed by atoms with Crippen LogP contribution < -0.4 is 5.32 Å². The van der Waals surface area contributed by atoms with E-state index in [0.29, 0.717) is 12.0 Å². The molecule has 1 aliphatic heterocycles. The van der Waals surface area contributed by atoms with E-state index < -0.39 is 0 Å². The quantitative estimate of drug-likeness (QED) is 0.913. The summed E-state index contributed by atoms with van der Waals surface area (Å²) < 4.78 is 1.88. The standard InChI is InChI=1S/C16H21N3/c1-12-9-14-5-3-4-6-16(14)18-15(12)8-7-13-10-17-19(2)11-13/h3-6,10-12,15,18H,7-9H2,1-2H3. The number of para-hydroxylation sites is 1. The molecule has 0 spiro atoms. The molecule has 1 aromatic carbocycles. The first-order valence-corrected chi connectivity index (χ1v) is 7.04. The van der Waals surface area contributed by atoms with Gasteiger partial charge in [0.2, 0.25) is 0 Å². The molecule has 2 unspecified atom stereocenters. The van der Waals surface area contributed by atoms with E-state index in [1.807, 2.05) is 17.9 Å². The number of anilines is 1. The second-order valence-electron chi connectivity index (χ2n) is 5.65. The van der Waals surface area contributed by atoms with Crippen LogP contribution in [0.4, 0.5) is 5.69 Å². The number of aromatic nitrogens is 2. The molecule has 3 rings (SSSR count). The van der Waals surface area contributed by atoms with Crippen molar-refractivity contribution in [3.8, 4) is 0 Å². The Bertz CT molecular complexity index is 559. The van der Waals surface area contributed by atoms with E-state index in [0.717, 1.165) is 6.42 Å². The fourth-order valence-corrected chi connectivity index (χ4v) is 2.95. The van der Waals surface area contributed by atoms with E-state index in [1.165, 1.54) is 29.7 Å². The number of nitrogens with zero attached hydrogens (tertiary/aromatic N) is 2. The number of aryl methyl sites for hydroxylation is 2. The third kappa shape index (κ3) is 2.65. The summed E-state index contributed by atoms with van der Waals surface area (Å²) in [6, 6.07) is 9.23. The molecule has 0 aliphatic carbocycles. The van der Waals surface area contributed by atoms with E-state index in [4.69, 9.17) is 0 Å². The van der Waals surface area contributed by atoms with Crippen LogP contribution in [0.25, 0.3) is 0 Å². The van der Waals surface area contributed by atoms with Gasteiger partial charge in [0.15, 0.2) is 0 Å². The fraction of sp³-hybridized carbons (Fsp3) is 0.438. The monoisotopic (exact) mass is 255 g/mol. The number of nitrogens with one attached hydrogen (secondary N) is 1. The molecule has 100 valence electrons. The van der Waals surface area contributed by atoms with Crippen LogP contribution in [-0.4, -0.2) is 15.8 Å².